The molecule has 1 atom stereocenters. The average Bonchev–Trinajstić information content (AvgIpc) is 2.17. The fraction of sp³-hybridized carbons (Fsp3) is 0.583. The largest absolute Gasteiger partial charge is 0.463 e. The molecular formula is C12H19IO2. The summed E-state index contributed by atoms with van der Waals surface area (Å²) in [6, 6.07) is 0. The number of halogens is 1. The van der Waals surface area contributed by atoms with E-state index in [9.17, 15) is 4.79 Å². The normalized spacial score (nSPS) is 15.0. The first kappa shape index (κ1) is 14.7. The lowest BCUT2D eigenvalue weighted by Gasteiger charge is -2.08. The van der Waals surface area contributed by atoms with E-state index in [2.05, 4.69) is 40.5 Å². The Morgan fingerprint density at radius 1 is 1.47 bits per heavy atom. The third-order valence-corrected chi connectivity index (χ3v) is 3.03. The molecule has 0 saturated heterocycles. The van der Waals surface area contributed by atoms with Crippen molar-refractivity contribution in [2.45, 2.75) is 34.1 Å². The molecule has 3 heteroatoms. The van der Waals surface area contributed by atoms with E-state index in [1.165, 1.54) is 5.57 Å². The molecule has 0 rings (SSSR count). The van der Waals surface area contributed by atoms with Gasteiger partial charge in [0.05, 0.1) is 6.61 Å². The number of esters is 1. The van der Waals surface area contributed by atoms with E-state index >= 15 is 0 Å². The molecule has 2 nitrogen and oxygen atoms in total. The highest BCUT2D eigenvalue weighted by molar-refractivity contribution is 14.1. The Kier molecular flexibility index (Phi) is 7.74. The van der Waals surface area contributed by atoms with E-state index in [0.29, 0.717) is 18.1 Å². The maximum absolute atomic E-state index is 11.3. The lowest BCUT2D eigenvalue weighted by Crippen LogP contribution is -2.06. The predicted octanol–water partition coefficient (Wildman–Crippen LogP) is 3.86. The summed E-state index contributed by atoms with van der Waals surface area (Å²) in [4.78, 5) is 11.3. The lowest BCUT2D eigenvalue weighted by molar-refractivity contribution is -0.138. The number of carbonyl (C=O) groups is 1. The minimum Gasteiger partial charge on any atom is -0.463 e. The molecule has 0 saturated carbocycles. The number of hydrogen-bond donors (Lipinski definition) is 0. The molecule has 0 heterocycles. The topological polar surface area (TPSA) is 26.3 Å². The van der Waals surface area contributed by atoms with Crippen molar-refractivity contribution in [2.24, 2.45) is 5.92 Å². The number of ether oxygens (including phenoxy) is 1. The summed E-state index contributed by atoms with van der Waals surface area (Å²) in [6.07, 6.45) is 2.96. The van der Waals surface area contributed by atoms with Crippen LogP contribution in [0.15, 0.2) is 21.3 Å². The van der Waals surface area contributed by atoms with Gasteiger partial charge >= 0.3 is 5.97 Å². The van der Waals surface area contributed by atoms with E-state index < -0.39 is 0 Å². The molecule has 0 aliphatic heterocycles. The van der Waals surface area contributed by atoms with Gasteiger partial charge in [0.2, 0.25) is 0 Å². The van der Waals surface area contributed by atoms with E-state index in [4.69, 9.17) is 4.74 Å². The van der Waals surface area contributed by atoms with Crippen LogP contribution in [0.5, 0.6) is 0 Å². The van der Waals surface area contributed by atoms with Gasteiger partial charge in [-0.25, -0.2) is 4.79 Å². The number of carbonyl (C=O) groups excluding carboxylic acids is 1. The molecule has 86 valence electrons. The first-order chi connectivity index (χ1) is 7.01. The highest BCUT2D eigenvalue weighted by atomic mass is 127. The lowest BCUT2D eigenvalue weighted by atomic mass is 10.0. The number of allylic oxidation sites excluding steroid dienone is 2. The molecule has 0 amide bonds. The van der Waals surface area contributed by atoms with Crippen molar-refractivity contribution in [1.82, 2.24) is 0 Å². The van der Waals surface area contributed by atoms with Crippen LogP contribution in [0.3, 0.4) is 0 Å². The Bertz CT molecular complexity index is 267. The second kappa shape index (κ2) is 7.91. The first-order valence-corrected chi connectivity index (χ1v) is 6.37. The van der Waals surface area contributed by atoms with E-state index in [0.717, 1.165) is 6.42 Å². The summed E-state index contributed by atoms with van der Waals surface area (Å²) in [5, 5.41) is 0. The zero-order valence-corrected chi connectivity index (χ0v) is 12.0. The van der Waals surface area contributed by atoms with E-state index in [1.807, 2.05) is 13.0 Å². The smallest absolute Gasteiger partial charge is 0.333 e. The van der Waals surface area contributed by atoms with Crippen LogP contribution in [0.2, 0.25) is 0 Å². The van der Waals surface area contributed by atoms with Gasteiger partial charge in [0.15, 0.2) is 0 Å². The molecule has 0 fully saturated rings. The van der Waals surface area contributed by atoms with Crippen LogP contribution in [0.4, 0.5) is 0 Å². The minimum atomic E-state index is -0.208. The minimum absolute atomic E-state index is 0.208. The molecule has 0 aliphatic carbocycles. The SMILES string of the molecule is CCOC(=O)C(C)=C[C@H](C)CC(C)=CI. The summed E-state index contributed by atoms with van der Waals surface area (Å²) < 4.78 is 6.98. The fourth-order valence-corrected chi connectivity index (χ4v) is 1.61. The van der Waals surface area contributed by atoms with Crippen LogP contribution in [0.25, 0.3) is 0 Å². The summed E-state index contributed by atoms with van der Waals surface area (Å²) in [5.41, 5.74) is 2.03. The highest BCUT2D eigenvalue weighted by Crippen LogP contribution is 2.15. The maximum Gasteiger partial charge on any atom is 0.333 e. The van der Waals surface area contributed by atoms with Gasteiger partial charge in [-0.15, -0.1) is 0 Å². The van der Waals surface area contributed by atoms with Gasteiger partial charge in [-0.1, -0.05) is 41.2 Å². The zero-order chi connectivity index (χ0) is 11.8. The van der Waals surface area contributed by atoms with Crippen molar-refractivity contribution in [2.75, 3.05) is 6.61 Å². The van der Waals surface area contributed by atoms with Gasteiger partial charge in [0, 0.05) is 5.57 Å². The van der Waals surface area contributed by atoms with Crippen molar-refractivity contribution in [3.63, 3.8) is 0 Å². The number of hydrogen-bond acceptors (Lipinski definition) is 2. The Hall–Kier alpha value is -0.320. The molecule has 0 bridgehead atoms. The number of rotatable bonds is 5. The van der Waals surface area contributed by atoms with Gasteiger partial charge in [0.1, 0.15) is 0 Å². The maximum atomic E-state index is 11.3. The third-order valence-electron chi connectivity index (χ3n) is 1.96. The fourth-order valence-electron chi connectivity index (χ4n) is 1.35. The summed E-state index contributed by atoms with van der Waals surface area (Å²) in [7, 11) is 0. The van der Waals surface area contributed by atoms with Crippen LogP contribution in [-0.2, 0) is 9.53 Å². The van der Waals surface area contributed by atoms with Crippen LogP contribution < -0.4 is 0 Å². The molecule has 0 aliphatic rings. The summed E-state index contributed by atoms with van der Waals surface area (Å²) in [6.45, 7) is 8.25. The molecule has 0 aromatic heterocycles. The van der Waals surface area contributed by atoms with Crippen molar-refractivity contribution in [3.05, 3.63) is 21.3 Å². The third kappa shape index (κ3) is 6.71. The van der Waals surface area contributed by atoms with E-state index in [1.54, 1.807) is 6.92 Å². The standard InChI is InChI=1S/C12H19IO2/c1-5-15-12(14)11(4)7-9(2)6-10(3)8-13/h7-9H,5-6H2,1-4H3/t9-/m1/s1. The Morgan fingerprint density at radius 2 is 2.07 bits per heavy atom. The monoisotopic (exact) mass is 322 g/mol. The average molecular weight is 322 g/mol. The summed E-state index contributed by atoms with van der Waals surface area (Å²) in [5.74, 6) is 0.167. The highest BCUT2D eigenvalue weighted by Gasteiger charge is 2.07. The van der Waals surface area contributed by atoms with Gasteiger partial charge in [-0.2, -0.15) is 0 Å². The van der Waals surface area contributed by atoms with Crippen LogP contribution in [0, 0.1) is 5.92 Å². The van der Waals surface area contributed by atoms with Gasteiger partial charge in [0.25, 0.3) is 0 Å². The van der Waals surface area contributed by atoms with Crippen LogP contribution in [-0.4, -0.2) is 12.6 Å². The van der Waals surface area contributed by atoms with Crippen molar-refractivity contribution in [1.29, 1.82) is 0 Å². The van der Waals surface area contributed by atoms with Gasteiger partial charge < -0.3 is 4.74 Å². The van der Waals surface area contributed by atoms with Gasteiger partial charge in [-0.3, -0.25) is 0 Å². The van der Waals surface area contributed by atoms with Gasteiger partial charge in [-0.05, 0) is 37.2 Å². The second-order valence-electron chi connectivity index (χ2n) is 3.71. The molecule has 0 unspecified atom stereocenters. The molecule has 0 spiro atoms. The summed E-state index contributed by atoms with van der Waals surface area (Å²) >= 11 is 2.23. The second-order valence-corrected chi connectivity index (χ2v) is 4.33. The molecule has 0 aromatic carbocycles. The molecule has 0 N–H and O–H groups in total. The molecule has 0 radical (unpaired) electrons. The Morgan fingerprint density at radius 3 is 2.53 bits per heavy atom. The van der Waals surface area contributed by atoms with Crippen LogP contribution in [0.1, 0.15) is 34.1 Å². The van der Waals surface area contributed by atoms with Crippen molar-refractivity contribution < 1.29 is 9.53 Å². The quantitative estimate of drug-likeness (QED) is 0.436. The first-order valence-electron chi connectivity index (χ1n) is 5.12. The van der Waals surface area contributed by atoms with Crippen LogP contribution >= 0.6 is 22.6 Å². The predicted molar refractivity (Wildman–Crippen MR) is 71.9 cm³/mol. The van der Waals surface area contributed by atoms with Crippen molar-refractivity contribution in [3.8, 4) is 0 Å². The van der Waals surface area contributed by atoms with Crippen molar-refractivity contribution >= 4 is 28.6 Å². The molecule has 15 heavy (non-hydrogen) atoms. The molecular weight excluding hydrogens is 303 g/mol. The molecule has 0 aromatic rings. The Balaban J connectivity index is 4.28. The Labute approximate surface area is 106 Å². The van der Waals surface area contributed by atoms with E-state index in [-0.39, 0.29) is 5.97 Å². The zero-order valence-electron chi connectivity index (χ0n) is 9.84.